The summed E-state index contributed by atoms with van der Waals surface area (Å²) in [6.07, 6.45) is 0.305. The van der Waals surface area contributed by atoms with E-state index in [1.807, 2.05) is 0 Å². The van der Waals surface area contributed by atoms with E-state index in [1.165, 1.54) is 26.2 Å². The van der Waals surface area contributed by atoms with Crippen molar-refractivity contribution in [2.24, 2.45) is 0 Å². The second-order valence-electron chi connectivity index (χ2n) is 6.42. The number of amides is 1. The summed E-state index contributed by atoms with van der Waals surface area (Å²) < 4.78 is 38.9. The Morgan fingerprint density at radius 3 is 2.37 bits per heavy atom. The van der Waals surface area contributed by atoms with Gasteiger partial charge in [0.15, 0.2) is 21.3 Å². The van der Waals surface area contributed by atoms with Crippen LogP contribution in [0.3, 0.4) is 0 Å². The maximum atomic E-state index is 13.0. The number of ether oxygens (including phenoxy) is 3. The van der Waals surface area contributed by atoms with E-state index in [4.69, 9.17) is 14.2 Å². The molecule has 8 nitrogen and oxygen atoms in total. The van der Waals surface area contributed by atoms with E-state index in [2.05, 4.69) is 0 Å². The average Bonchev–Trinajstić information content (AvgIpc) is 3.00. The molecule has 1 amide bonds. The highest BCUT2D eigenvalue weighted by molar-refractivity contribution is 7.91. The van der Waals surface area contributed by atoms with Crippen LogP contribution in [0.25, 0.3) is 0 Å². The van der Waals surface area contributed by atoms with Crippen LogP contribution in [0.5, 0.6) is 11.5 Å². The molecule has 2 unspecified atom stereocenters. The first-order valence-corrected chi connectivity index (χ1v) is 10.3. The van der Waals surface area contributed by atoms with Crippen LogP contribution < -0.4 is 9.47 Å². The van der Waals surface area contributed by atoms with Crippen LogP contribution in [-0.2, 0) is 30.6 Å². The minimum absolute atomic E-state index is 0.00175. The highest BCUT2D eigenvalue weighted by atomic mass is 32.2. The number of sulfone groups is 1. The molecular weight excluding hydrogens is 374 g/mol. The largest absolute Gasteiger partial charge is 0.493 e. The van der Waals surface area contributed by atoms with Gasteiger partial charge in [0.1, 0.15) is 6.04 Å². The third-order valence-corrected chi connectivity index (χ3v) is 6.40. The Labute approximate surface area is 159 Å². The Bertz CT molecular complexity index is 806. The first-order valence-electron chi connectivity index (χ1n) is 8.52. The molecule has 1 aromatic rings. The van der Waals surface area contributed by atoms with Crippen molar-refractivity contribution in [2.45, 2.75) is 31.8 Å². The molecule has 0 N–H and O–H groups in total. The summed E-state index contributed by atoms with van der Waals surface area (Å²) in [6.45, 7) is 1.54. The Morgan fingerprint density at radius 1 is 1.19 bits per heavy atom. The van der Waals surface area contributed by atoms with Gasteiger partial charge < -0.3 is 19.1 Å². The van der Waals surface area contributed by atoms with Crippen LogP contribution in [0.15, 0.2) is 18.2 Å². The Kier molecular flexibility index (Phi) is 6.69. The number of hydrogen-bond donors (Lipinski definition) is 0. The molecule has 1 heterocycles. The van der Waals surface area contributed by atoms with Gasteiger partial charge in [0.25, 0.3) is 0 Å². The molecule has 0 aromatic heterocycles. The molecule has 0 saturated carbocycles. The van der Waals surface area contributed by atoms with E-state index in [9.17, 15) is 18.0 Å². The first kappa shape index (κ1) is 21.0. The van der Waals surface area contributed by atoms with E-state index < -0.39 is 27.9 Å². The number of rotatable bonds is 7. The van der Waals surface area contributed by atoms with E-state index in [0.717, 1.165) is 0 Å². The third-order valence-electron chi connectivity index (χ3n) is 4.65. The Balaban J connectivity index is 2.27. The van der Waals surface area contributed by atoms with Crippen molar-refractivity contribution < 1.29 is 32.2 Å². The smallest absolute Gasteiger partial charge is 0.328 e. The summed E-state index contributed by atoms with van der Waals surface area (Å²) >= 11 is 0. The van der Waals surface area contributed by atoms with Gasteiger partial charge in [-0.25, -0.2) is 13.2 Å². The van der Waals surface area contributed by atoms with E-state index in [-0.39, 0.29) is 23.8 Å². The average molecular weight is 399 g/mol. The van der Waals surface area contributed by atoms with Gasteiger partial charge in [-0.15, -0.1) is 0 Å². The van der Waals surface area contributed by atoms with Gasteiger partial charge in [0.05, 0.1) is 39.3 Å². The normalized spacial score (nSPS) is 19.2. The summed E-state index contributed by atoms with van der Waals surface area (Å²) in [5, 5.41) is 0. The van der Waals surface area contributed by atoms with Gasteiger partial charge in [-0.05, 0) is 31.0 Å². The molecule has 1 saturated heterocycles. The number of benzene rings is 1. The lowest BCUT2D eigenvalue weighted by molar-refractivity contribution is -0.153. The predicted molar refractivity (Wildman–Crippen MR) is 98.6 cm³/mol. The van der Waals surface area contributed by atoms with E-state index >= 15 is 0 Å². The van der Waals surface area contributed by atoms with Crippen molar-refractivity contribution in [3.8, 4) is 11.5 Å². The van der Waals surface area contributed by atoms with Crippen molar-refractivity contribution >= 4 is 21.7 Å². The zero-order valence-electron chi connectivity index (χ0n) is 15.9. The molecule has 2 rings (SSSR count). The van der Waals surface area contributed by atoms with Crippen molar-refractivity contribution in [1.29, 1.82) is 0 Å². The molecule has 0 aliphatic carbocycles. The monoisotopic (exact) mass is 399 g/mol. The number of carbonyl (C=O) groups excluding carboxylic acids is 2. The predicted octanol–water partition coefficient (Wildman–Crippen LogP) is 0.823. The lowest BCUT2D eigenvalue weighted by atomic mass is 10.1. The summed E-state index contributed by atoms with van der Waals surface area (Å²) in [6, 6.07) is 3.68. The van der Waals surface area contributed by atoms with Crippen LogP contribution in [0.1, 0.15) is 18.9 Å². The molecule has 1 aromatic carbocycles. The quantitative estimate of drug-likeness (QED) is 0.626. The highest BCUT2D eigenvalue weighted by Crippen LogP contribution is 2.28. The van der Waals surface area contributed by atoms with Gasteiger partial charge in [0, 0.05) is 6.04 Å². The topological polar surface area (TPSA) is 99.2 Å². The first-order chi connectivity index (χ1) is 12.7. The fourth-order valence-electron chi connectivity index (χ4n) is 3.27. The third kappa shape index (κ3) is 4.91. The number of esters is 1. The van der Waals surface area contributed by atoms with Gasteiger partial charge in [-0.1, -0.05) is 6.07 Å². The molecular formula is C18H25NO7S. The minimum Gasteiger partial charge on any atom is -0.493 e. The molecule has 1 fully saturated rings. The molecule has 1 aliphatic heterocycles. The summed E-state index contributed by atoms with van der Waals surface area (Å²) in [4.78, 5) is 26.3. The zero-order valence-corrected chi connectivity index (χ0v) is 16.7. The molecule has 0 bridgehead atoms. The molecule has 1 aliphatic rings. The molecule has 27 heavy (non-hydrogen) atoms. The van der Waals surface area contributed by atoms with Crippen LogP contribution in [-0.4, -0.2) is 70.1 Å². The number of carbonyl (C=O) groups is 2. The molecule has 0 spiro atoms. The van der Waals surface area contributed by atoms with Crippen molar-refractivity contribution in [1.82, 2.24) is 4.90 Å². The molecule has 0 radical (unpaired) electrons. The van der Waals surface area contributed by atoms with Gasteiger partial charge in [-0.2, -0.15) is 0 Å². The van der Waals surface area contributed by atoms with Crippen molar-refractivity contribution in [3.05, 3.63) is 23.8 Å². The van der Waals surface area contributed by atoms with Crippen LogP contribution >= 0.6 is 0 Å². The second kappa shape index (κ2) is 8.60. The molecule has 150 valence electrons. The maximum Gasteiger partial charge on any atom is 0.328 e. The van der Waals surface area contributed by atoms with Gasteiger partial charge in [-0.3, -0.25) is 4.79 Å². The van der Waals surface area contributed by atoms with Gasteiger partial charge >= 0.3 is 5.97 Å². The number of methoxy groups -OCH3 is 3. The molecule has 9 heteroatoms. The number of nitrogens with zero attached hydrogens (tertiary/aromatic N) is 1. The highest BCUT2D eigenvalue weighted by Gasteiger charge is 2.39. The van der Waals surface area contributed by atoms with Crippen molar-refractivity contribution in [2.75, 3.05) is 32.8 Å². The van der Waals surface area contributed by atoms with Crippen LogP contribution in [0, 0.1) is 0 Å². The van der Waals surface area contributed by atoms with Crippen LogP contribution in [0.4, 0.5) is 0 Å². The zero-order chi connectivity index (χ0) is 20.2. The lowest BCUT2D eigenvalue weighted by Gasteiger charge is -2.32. The minimum atomic E-state index is -3.22. The molecule has 2 atom stereocenters. The fourth-order valence-corrected chi connectivity index (χ4v) is 4.98. The number of hydrogen-bond acceptors (Lipinski definition) is 7. The van der Waals surface area contributed by atoms with E-state index in [1.54, 1.807) is 25.1 Å². The Morgan fingerprint density at radius 2 is 1.85 bits per heavy atom. The van der Waals surface area contributed by atoms with Gasteiger partial charge in [0.2, 0.25) is 5.91 Å². The maximum absolute atomic E-state index is 13.0. The summed E-state index contributed by atoms with van der Waals surface area (Å²) in [7, 11) is 1.04. The summed E-state index contributed by atoms with van der Waals surface area (Å²) in [5.74, 6) is -0.0473. The summed E-state index contributed by atoms with van der Waals surface area (Å²) in [5.41, 5.74) is 0.667. The Hall–Kier alpha value is -2.29. The SMILES string of the molecule is COC(=O)C(C)N(C(=O)Cc1ccc(OC)c(OC)c1)C1CCS(=O)(=O)C1. The van der Waals surface area contributed by atoms with E-state index in [0.29, 0.717) is 23.5 Å². The standard InChI is InChI=1S/C18H25NO7S/c1-12(18(21)26-4)19(14-7-8-27(22,23)11-14)17(20)10-13-5-6-15(24-2)16(9-13)25-3/h5-6,9,12,14H,7-8,10-11H2,1-4H3. The second-order valence-corrected chi connectivity index (χ2v) is 8.65. The lowest BCUT2D eigenvalue weighted by Crippen LogP contribution is -2.50. The fraction of sp³-hybridized carbons (Fsp3) is 0.556. The van der Waals surface area contributed by atoms with Crippen molar-refractivity contribution in [3.63, 3.8) is 0 Å². The van der Waals surface area contributed by atoms with Crippen LogP contribution in [0.2, 0.25) is 0 Å².